The van der Waals surface area contributed by atoms with E-state index in [9.17, 15) is 4.79 Å². The van der Waals surface area contributed by atoms with Crippen LogP contribution in [0.4, 0.5) is 10.5 Å². The van der Waals surface area contributed by atoms with Gasteiger partial charge in [-0.2, -0.15) is 0 Å². The second-order valence-electron chi connectivity index (χ2n) is 4.58. The standard InChI is InChI=1S/C13H19N3O2/c14-10-6-8-12(9-7-10)18-16-13(17)15-11-4-2-1-3-5-11/h1-5,10,12H,6-9,14H2,(H2,15,16,17). The summed E-state index contributed by atoms with van der Waals surface area (Å²) < 4.78 is 0. The van der Waals surface area contributed by atoms with Crippen molar-refractivity contribution < 1.29 is 9.63 Å². The van der Waals surface area contributed by atoms with Gasteiger partial charge in [0.25, 0.3) is 0 Å². The first kappa shape index (κ1) is 12.9. The highest BCUT2D eigenvalue weighted by atomic mass is 16.7. The summed E-state index contributed by atoms with van der Waals surface area (Å²) in [5.41, 5.74) is 8.96. The molecule has 0 heterocycles. The molecule has 0 saturated heterocycles. The number of urea groups is 1. The van der Waals surface area contributed by atoms with Crippen LogP contribution >= 0.6 is 0 Å². The minimum Gasteiger partial charge on any atom is -0.328 e. The Morgan fingerprint density at radius 3 is 2.50 bits per heavy atom. The third-order valence-electron chi connectivity index (χ3n) is 3.07. The molecule has 0 aliphatic heterocycles. The lowest BCUT2D eigenvalue weighted by Crippen LogP contribution is -2.37. The number of carbonyl (C=O) groups is 1. The first-order valence-electron chi connectivity index (χ1n) is 6.27. The molecule has 5 nitrogen and oxygen atoms in total. The number of rotatable bonds is 3. The van der Waals surface area contributed by atoms with E-state index in [1.54, 1.807) is 0 Å². The van der Waals surface area contributed by atoms with Gasteiger partial charge in [0.15, 0.2) is 0 Å². The van der Waals surface area contributed by atoms with Crippen molar-refractivity contribution in [2.45, 2.75) is 37.8 Å². The number of nitrogens with two attached hydrogens (primary N) is 1. The summed E-state index contributed by atoms with van der Waals surface area (Å²) in [6.45, 7) is 0. The Hall–Kier alpha value is -1.59. The van der Waals surface area contributed by atoms with Crippen LogP contribution in [-0.4, -0.2) is 18.2 Å². The predicted molar refractivity (Wildman–Crippen MR) is 69.9 cm³/mol. The summed E-state index contributed by atoms with van der Waals surface area (Å²) in [5.74, 6) is 0. The second-order valence-corrected chi connectivity index (χ2v) is 4.58. The molecule has 1 aromatic rings. The summed E-state index contributed by atoms with van der Waals surface area (Å²) in [4.78, 5) is 16.9. The number of benzene rings is 1. The third-order valence-corrected chi connectivity index (χ3v) is 3.07. The van der Waals surface area contributed by atoms with Gasteiger partial charge in [-0.25, -0.2) is 10.3 Å². The maximum atomic E-state index is 11.5. The van der Waals surface area contributed by atoms with E-state index in [1.807, 2.05) is 30.3 Å². The van der Waals surface area contributed by atoms with Crippen LogP contribution in [0.25, 0.3) is 0 Å². The van der Waals surface area contributed by atoms with Gasteiger partial charge in [-0.05, 0) is 37.8 Å². The molecule has 0 unspecified atom stereocenters. The molecule has 1 aliphatic carbocycles. The van der Waals surface area contributed by atoms with Gasteiger partial charge in [0.1, 0.15) is 0 Å². The van der Waals surface area contributed by atoms with Crippen LogP contribution in [0, 0.1) is 0 Å². The molecule has 0 aromatic heterocycles. The Morgan fingerprint density at radius 2 is 1.83 bits per heavy atom. The minimum atomic E-state index is -0.351. The zero-order valence-corrected chi connectivity index (χ0v) is 10.3. The monoisotopic (exact) mass is 249 g/mol. The lowest BCUT2D eigenvalue weighted by atomic mass is 9.94. The van der Waals surface area contributed by atoms with Crippen molar-refractivity contribution >= 4 is 11.7 Å². The zero-order valence-electron chi connectivity index (χ0n) is 10.3. The molecular weight excluding hydrogens is 230 g/mol. The molecule has 4 N–H and O–H groups in total. The van der Waals surface area contributed by atoms with Crippen molar-refractivity contribution in [3.8, 4) is 0 Å². The largest absolute Gasteiger partial charge is 0.343 e. The topological polar surface area (TPSA) is 76.4 Å². The minimum absolute atomic E-state index is 0.0753. The highest BCUT2D eigenvalue weighted by Gasteiger charge is 2.19. The van der Waals surface area contributed by atoms with E-state index in [4.69, 9.17) is 10.6 Å². The number of nitrogens with one attached hydrogen (secondary N) is 2. The van der Waals surface area contributed by atoms with Crippen LogP contribution < -0.4 is 16.5 Å². The van der Waals surface area contributed by atoms with Crippen LogP contribution in [0.5, 0.6) is 0 Å². The fourth-order valence-corrected chi connectivity index (χ4v) is 2.02. The molecule has 0 spiro atoms. The molecule has 2 rings (SSSR count). The van der Waals surface area contributed by atoms with E-state index in [2.05, 4.69) is 10.8 Å². The van der Waals surface area contributed by atoms with Gasteiger partial charge < -0.3 is 11.1 Å². The van der Waals surface area contributed by atoms with Crippen LogP contribution in [-0.2, 0) is 4.84 Å². The van der Waals surface area contributed by atoms with Crippen molar-refractivity contribution in [3.05, 3.63) is 30.3 Å². The molecule has 0 bridgehead atoms. The average Bonchev–Trinajstić information content (AvgIpc) is 2.39. The molecule has 0 radical (unpaired) electrons. The smallest absolute Gasteiger partial charge is 0.328 e. The Balaban J connectivity index is 1.69. The van der Waals surface area contributed by atoms with Gasteiger partial charge >= 0.3 is 6.03 Å². The van der Waals surface area contributed by atoms with E-state index in [0.29, 0.717) is 0 Å². The Labute approximate surface area is 107 Å². The lowest BCUT2D eigenvalue weighted by molar-refractivity contribution is -0.0221. The fraction of sp³-hybridized carbons (Fsp3) is 0.462. The first-order valence-corrected chi connectivity index (χ1v) is 6.27. The van der Waals surface area contributed by atoms with E-state index in [-0.39, 0.29) is 18.2 Å². The van der Waals surface area contributed by atoms with E-state index in [0.717, 1.165) is 31.4 Å². The summed E-state index contributed by atoms with van der Waals surface area (Å²) in [6.07, 6.45) is 3.77. The van der Waals surface area contributed by atoms with Crippen molar-refractivity contribution in [2.75, 3.05) is 5.32 Å². The molecule has 2 amide bonds. The lowest BCUT2D eigenvalue weighted by Gasteiger charge is -2.25. The molecule has 5 heteroatoms. The van der Waals surface area contributed by atoms with Gasteiger partial charge in [0, 0.05) is 11.7 Å². The third kappa shape index (κ3) is 4.01. The van der Waals surface area contributed by atoms with Crippen molar-refractivity contribution in [1.29, 1.82) is 0 Å². The predicted octanol–water partition coefficient (Wildman–Crippen LogP) is 2.01. The number of hydroxylamine groups is 1. The van der Waals surface area contributed by atoms with Crippen LogP contribution in [0.1, 0.15) is 25.7 Å². The maximum Gasteiger partial charge on any atom is 0.343 e. The van der Waals surface area contributed by atoms with Crippen molar-refractivity contribution in [3.63, 3.8) is 0 Å². The van der Waals surface area contributed by atoms with Gasteiger partial charge in [0.05, 0.1) is 6.10 Å². The molecule has 0 atom stereocenters. The van der Waals surface area contributed by atoms with E-state index < -0.39 is 0 Å². The Morgan fingerprint density at radius 1 is 1.17 bits per heavy atom. The van der Waals surface area contributed by atoms with Gasteiger partial charge in [0.2, 0.25) is 0 Å². The molecule has 1 aromatic carbocycles. The normalized spacial score (nSPS) is 23.4. The number of anilines is 1. The number of hydrogen-bond acceptors (Lipinski definition) is 3. The molecule has 1 fully saturated rings. The first-order chi connectivity index (χ1) is 8.74. The number of amides is 2. The van der Waals surface area contributed by atoms with Gasteiger partial charge in [-0.3, -0.25) is 4.84 Å². The fourth-order valence-electron chi connectivity index (χ4n) is 2.02. The number of carbonyl (C=O) groups excluding carboxylic acids is 1. The zero-order chi connectivity index (χ0) is 12.8. The summed E-state index contributed by atoms with van der Waals surface area (Å²) in [5, 5.41) is 2.69. The molecular formula is C13H19N3O2. The second kappa shape index (κ2) is 6.37. The highest BCUT2D eigenvalue weighted by Crippen LogP contribution is 2.18. The summed E-state index contributed by atoms with van der Waals surface area (Å²) in [7, 11) is 0. The highest BCUT2D eigenvalue weighted by molar-refractivity contribution is 5.88. The van der Waals surface area contributed by atoms with Crippen LogP contribution in [0.3, 0.4) is 0 Å². The number of para-hydroxylation sites is 1. The Bertz CT molecular complexity index is 375. The summed E-state index contributed by atoms with van der Waals surface area (Å²) in [6, 6.07) is 9.18. The van der Waals surface area contributed by atoms with Crippen LogP contribution in [0.15, 0.2) is 30.3 Å². The maximum absolute atomic E-state index is 11.5. The quantitative estimate of drug-likeness (QED) is 0.717. The molecule has 98 valence electrons. The summed E-state index contributed by atoms with van der Waals surface area (Å²) >= 11 is 0. The molecule has 1 saturated carbocycles. The Kier molecular flexibility index (Phi) is 4.55. The molecule has 1 aliphatic rings. The van der Waals surface area contributed by atoms with Gasteiger partial charge in [-0.1, -0.05) is 18.2 Å². The van der Waals surface area contributed by atoms with E-state index >= 15 is 0 Å². The SMILES string of the molecule is NC1CCC(ONC(=O)Nc2ccccc2)CC1. The van der Waals surface area contributed by atoms with Gasteiger partial charge in [-0.15, -0.1) is 0 Å². The molecule has 18 heavy (non-hydrogen) atoms. The van der Waals surface area contributed by atoms with Crippen molar-refractivity contribution in [1.82, 2.24) is 5.48 Å². The average molecular weight is 249 g/mol. The van der Waals surface area contributed by atoms with Crippen LogP contribution in [0.2, 0.25) is 0 Å². The van der Waals surface area contributed by atoms with E-state index in [1.165, 1.54) is 0 Å². The van der Waals surface area contributed by atoms with Crippen molar-refractivity contribution in [2.24, 2.45) is 5.73 Å². The number of hydrogen-bond donors (Lipinski definition) is 3.